The fourth-order valence-electron chi connectivity index (χ4n) is 5.30. The molecule has 1 aliphatic heterocycles. The first-order valence-electron chi connectivity index (χ1n) is 14.6. The summed E-state index contributed by atoms with van der Waals surface area (Å²) >= 11 is 6.34. The van der Waals surface area contributed by atoms with Crippen molar-refractivity contribution in [3.8, 4) is 33.8 Å². The van der Waals surface area contributed by atoms with E-state index in [9.17, 15) is 22.8 Å². The first kappa shape index (κ1) is 34.0. The molecule has 0 fully saturated rings. The molecule has 1 amide bonds. The van der Waals surface area contributed by atoms with Crippen LogP contribution in [0.4, 0.5) is 18.9 Å². The number of nitrogens with one attached hydrogen (secondary N) is 1. The molecule has 1 aromatic carbocycles. The summed E-state index contributed by atoms with van der Waals surface area (Å²) in [6, 6.07) is 10.4. The number of halogens is 4. The maximum atomic E-state index is 13.7. The number of alkyl halides is 3. The lowest BCUT2D eigenvalue weighted by Gasteiger charge is -2.22. The van der Waals surface area contributed by atoms with E-state index in [2.05, 4.69) is 25.7 Å². The minimum Gasteiger partial charge on any atom is -0.475 e. The Bertz CT molecular complexity index is 2040. The second-order valence-corrected chi connectivity index (χ2v) is 11.6. The van der Waals surface area contributed by atoms with Crippen LogP contribution >= 0.6 is 11.6 Å². The zero-order valence-corrected chi connectivity index (χ0v) is 26.6. The number of carboxylic acids is 1. The number of carbonyl (C=O) groups is 2. The number of carbonyl (C=O) groups excluding carboxylic acids is 1. The second kappa shape index (κ2) is 13.8. The van der Waals surface area contributed by atoms with Gasteiger partial charge in [-0.05, 0) is 37.1 Å². The van der Waals surface area contributed by atoms with Crippen LogP contribution in [0.2, 0.25) is 5.02 Å². The molecule has 0 aliphatic carbocycles. The third-order valence-corrected chi connectivity index (χ3v) is 7.94. The maximum absolute atomic E-state index is 13.7. The molecule has 0 unspecified atom stereocenters. The van der Waals surface area contributed by atoms with Crippen LogP contribution in [0.15, 0.2) is 66.1 Å². The van der Waals surface area contributed by atoms with Crippen molar-refractivity contribution in [1.29, 1.82) is 0 Å². The number of carboxylic acid groups (broad SMARTS) is 1. The molecule has 2 atom stereocenters. The Morgan fingerprint density at radius 3 is 2.46 bits per heavy atom. The summed E-state index contributed by atoms with van der Waals surface area (Å²) < 4.78 is 36.7. The normalized spacial score (nSPS) is 16.4. The molecule has 5 aromatic rings. The lowest BCUT2D eigenvalue weighted by atomic mass is 9.97. The van der Waals surface area contributed by atoms with Gasteiger partial charge in [0.25, 0.3) is 5.56 Å². The Kier molecular flexibility index (Phi) is 9.74. The van der Waals surface area contributed by atoms with E-state index >= 15 is 0 Å². The van der Waals surface area contributed by atoms with Crippen molar-refractivity contribution >= 4 is 29.2 Å². The summed E-state index contributed by atoms with van der Waals surface area (Å²) in [4.78, 5) is 44.9. The molecule has 5 heterocycles. The predicted octanol–water partition coefficient (Wildman–Crippen LogP) is 5.14. The number of pyridine rings is 1. The van der Waals surface area contributed by atoms with Crippen molar-refractivity contribution in [1.82, 2.24) is 39.3 Å². The van der Waals surface area contributed by atoms with Gasteiger partial charge in [0.2, 0.25) is 5.91 Å². The molecule has 48 heavy (non-hydrogen) atoms. The third kappa shape index (κ3) is 7.43. The van der Waals surface area contributed by atoms with Gasteiger partial charge in [0.1, 0.15) is 5.69 Å². The van der Waals surface area contributed by atoms with Gasteiger partial charge in [-0.15, -0.1) is 5.10 Å². The van der Waals surface area contributed by atoms with Crippen LogP contribution in [0.25, 0.3) is 33.8 Å². The smallest absolute Gasteiger partial charge is 0.475 e. The molecule has 4 aromatic heterocycles. The monoisotopic (exact) mass is 683 g/mol. The van der Waals surface area contributed by atoms with Gasteiger partial charge in [0.15, 0.2) is 0 Å². The number of amides is 1. The van der Waals surface area contributed by atoms with E-state index in [1.54, 1.807) is 58.0 Å². The Morgan fingerprint density at radius 2 is 1.79 bits per heavy atom. The summed E-state index contributed by atoms with van der Waals surface area (Å²) in [5.41, 5.74) is 5.34. The quantitative estimate of drug-likeness (QED) is 0.262. The molecule has 0 radical (unpaired) electrons. The molecule has 0 spiro atoms. The molecule has 0 saturated carbocycles. The fraction of sp³-hybridized carbons (Fsp3) is 0.290. The van der Waals surface area contributed by atoms with Gasteiger partial charge in [-0.2, -0.15) is 18.3 Å². The van der Waals surface area contributed by atoms with E-state index in [1.165, 1.54) is 6.07 Å². The maximum Gasteiger partial charge on any atom is 0.490 e. The largest absolute Gasteiger partial charge is 0.490 e. The number of aryl methyl sites for hydroxylation is 2. The van der Waals surface area contributed by atoms with Crippen LogP contribution in [-0.2, 0) is 23.7 Å². The van der Waals surface area contributed by atoms with Crippen LogP contribution in [0.1, 0.15) is 37.9 Å². The summed E-state index contributed by atoms with van der Waals surface area (Å²) in [7, 11) is 3.62. The average Bonchev–Trinajstić information content (AvgIpc) is 3.63. The summed E-state index contributed by atoms with van der Waals surface area (Å²) in [5, 5.41) is 23.3. The van der Waals surface area contributed by atoms with E-state index in [1.807, 2.05) is 32.2 Å². The molecular formula is C31H29ClF3N9O4. The van der Waals surface area contributed by atoms with E-state index in [0.29, 0.717) is 46.9 Å². The number of benzene rings is 1. The lowest BCUT2D eigenvalue weighted by molar-refractivity contribution is -0.192. The minimum absolute atomic E-state index is 0.0609. The zero-order chi connectivity index (χ0) is 34.7. The second-order valence-electron chi connectivity index (χ2n) is 11.1. The highest BCUT2D eigenvalue weighted by Gasteiger charge is 2.38. The van der Waals surface area contributed by atoms with Crippen molar-refractivity contribution < 1.29 is 27.9 Å². The molecule has 13 nitrogen and oxygen atoms in total. The molecule has 250 valence electrons. The first-order chi connectivity index (χ1) is 22.7. The zero-order valence-electron chi connectivity index (χ0n) is 25.8. The average molecular weight is 684 g/mol. The van der Waals surface area contributed by atoms with Crippen molar-refractivity contribution in [2.24, 2.45) is 20.0 Å². The predicted molar refractivity (Wildman–Crippen MR) is 169 cm³/mol. The van der Waals surface area contributed by atoms with E-state index in [4.69, 9.17) is 26.5 Å². The van der Waals surface area contributed by atoms with Gasteiger partial charge >= 0.3 is 12.1 Å². The first-order valence-corrected chi connectivity index (χ1v) is 14.9. The summed E-state index contributed by atoms with van der Waals surface area (Å²) in [6.07, 6.45) is 3.63. The standard InChI is InChI=1S/C29H28ClN9O2.C2HF3O2/c1-17-5-4-6-26(23-11-18(9-10-31-23)28-24(34-29(17)41)14-33-38(28)3)39-16-32-22(13-27(39)40)21-12-19(30)7-8-20(21)25-15-37(2)36-35-25;3-2(4,5)1(6)7/h7-17,26H,4-6H2,1-3H3,(H,34,41);(H,6,7)/t17-,26+;/m1./s1. The van der Waals surface area contributed by atoms with E-state index in [0.717, 1.165) is 22.5 Å². The highest BCUT2D eigenvalue weighted by Crippen LogP contribution is 2.34. The Balaban J connectivity index is 0.000000582. The van der Waals surface area contributed by atoms with Crippen LogP contribution in [0.3, 0.4) is 0 Å². The third-order valence-electron chi connectivity index (χ3n) is 7.71. The molecule has 2 N–H and O–H groups in total. The van der Waals surface area contributed by atoms with Crippen molar-refractivity contribution in [2.45, 2.75) is 38.4 Å². The number of hydrogen-bond acceptors (Lipinski definition) is 8. The number of nitrogens with zero attached hydrogens (tertiary/aromatic N) is 8. The number of aliphatic carboxylic acids is 1. The molecule has 6 rings (SSSR count). The lowest BCUT2D eigenvalue weighted by Crippen LogP contribution is -2.27. The summed E-state index contributed by atoms with van der Waals surface area (Å²) in [5.74, 6) is -3.03. The van der Waals surface area contributed by atoms with Gasteiger partial charge in [-0.25, -0.2) is 9.78 Å². The molecule has 0 saturated heterocycles. The van der Waals surface area contributed by atoms with Crippen LogP contribution in [0, 0.1) is 5.92 Å². The van der Waals surface area contributed by atoms with Crippen molar-refractivity contribution in [3.05, 3.63) is 82.4 Å². The minimum atomic E-state index is -5.08. The van der Waals surface area contributed by atoms with Gasteiger partial charge in [0.05, 0.1) is 47.5 Å². The van der Waals surface area contributed by atoms with Crippen LogP contribution in [-0.4, -0.2) is 62.5 Å². The highest BCUT2D eigenvalue weighted by molar-refractivity contribution is 6.31. The fourth-order valence-corrected chi connectivity index (χ4v) is 5.47. The van der Waals surface area contributed by atoms with Gasteiger partial charge in [0, 0.05) is 54.0 Å². The molecular weight excluding hydrogens is 655 g/mol. The number of hydrogen-bond donors (Lipinski definition) is 2. The highest BCUT2D eigenvalue weighted by atomic mass is 35.5. The van der Waals surface area contributed by atoms with Gasteiger partial charge in [-0.3, -0.25) is 28.5 Å². The van der Waals surface area contributed by atoms with Gasteiger partial charge < -0.3 is 10.4 Å². The summed E-state index contributed by atoms with van der Waals surface area (Å²) in [6.45, 7) is 1.91. The molecule has 17 heteroatoms. The topological polar surface area (TPSA) is 163 Å². The number of anilines is 1. The number of rotatable bonds is 3. The van der Waals surface area contributed by atoms with Gasteiger partial charge in [-0.1, -0.05) is 36.2 Å². The van der Waals surface area contributed by atoms with Crippen molar-refractivity contribution in [3.63, 3.8) is 0 Å². The van der Waals surface area contributed by atoms with Crippen LogP contribution in [0.5, 0.6) is 0 Å². The number of aromatic nitrogens is 8. The Hall–Kier alpha value is -5.38. The Morgan fingerprint density at radius 1 is 1.04 bits per heavy atom. The molecule has 1 aliphatic rings. The van der Waals surface area contributed by atoms with E-state index < -0.39 is 12.1 Å². The SMILES string of the molecule is C[C@@H]1CCC[C@H](n2cnc(-c3cc(Cl)ccc3-c3cn(C)nn3)cc2=O)c2cc(ccn2)-c2c(cnn2C)NC1=O.O=C(O)C(F)(F)F. The van der Waals surface area contributed by atoms with E-state index in [-0.39, 0.29) is 23.4 Å². The van der Waals surface area contributed by atoms with Crippen molar-refractivity contribution in [2.75, 3.05) is 5.32 Å². The van der Waals surface area contributed by atoms with Crippen LogP contribution < -0.4 is 10.9 Å². The Labute approximate surface area is 276 Å². The molecule has 2 bridgehead atoms. The number of fused-ring (bicyclic) bond motifs is 4.